The van der Waals surface area contributed by atoms with Gasteiger partial charge in [-0.25, -0.2) is 9.97 Å². The summed E-state index contributed by atoms with van der Waals surface area (Å²) in [5, 5.41) is 6.65. The molecular formula is C29H34N6O2. The average molecular weight is 499 g/mol. The molecule has 2 aromatic carbocycles. The molecule has 2 saturated heterocycles. The van der Waals surface area contributed by atoms with Gasteiger partial charge in [0.05, 0.1) is 24.9 Å². The minimum atomic E-state index is -0.0495. The highest BCUT2D eigenvalue weighted by molar-refractivity contribution is 5.82. The van der Waals surface area contributed by atoms with Crippen molar-refractivity contribution in [1.82, 2.24) is 20.2 Å². The van der Waals surface area contributed by atoms with Gasteiger partial charge in [0, 0.05) is 42.8 Å². The van der Waals surface area contributed by atoms with Crippen LogP contribution in [0, 0.1) is 0 Å². The Bertz CT molecular complexity index is 1260. The van der Waals surface area contributed by atoms with Crippen LogP contribution in [0.2, 0.25) is 0 Å². The predicted octanol–water partition coefficient (Wildman–Crippen LogP) is 3.75. The summed E-state index contributed by atoms with van der Waals surface area (Å²) in [5.41, 5.74) is 6.39. The summed E-state index contributed by atoms with van der Waals surface area (Å²) in [6.07, 6.45) is 5.79. The fourth-order valence-electron chi connectivity index (χ4n) is 5.69. The fourth-order valence-corrected chi connectivity index (χ4v) is 5.69. The lowest BCUT2D eigenvalue weighted by atomic mass is 10.0. The molecule has 8 heteroatoms. The first-order valence-electron chi connectivity index (χ1n) is 13.4. The molecule has 3 aliphatic rings. The zero-order valence-electron chi connectivity index (χ0n) is 21.2. The van der Waals surface area contributed by atoms with Crippen LogP contribution in [0.25, 0.3) is 11.3 Å². The average Bonchev–Trinajstić information content (AvgIpc) is 3.41. The molecule has 0 aliphatic carbocycles. The summed E-state index contributed by atoms with van der Waals surface area (Å²) < 4.78 is 5.57. The van der Waals surface area contributed by atoms with Crippen molar-refractivity contribution in [3.05, 3.63) is 65.9 Å². The van der Waals surface area contributed by atoms with Gasteiger partial charge in [-0.3, -0.25) is 9.69 Å². The Hall–Kier alpha value is -3.49. The maximum atomic E-state index is 13.3. The molecule has 3 aromatic rings. The van der Waals surface area contributed by atoms with Gasteiger partial charge in [-0.15, -0.1) is 0 Å². The Morgan fingerprint density at radius 1 is 0.973 bits per heavy atom. The first kappa shape index (κ1) is 23.9. The van der Waals surface area contributed by atoms with Crippen molar-refractivity contribution in [2.45, 2.75) is 38.3 Å². The third-order valence-corrected chi connectivity index (χ3v) is 7.60. The highest BCUT2D eigenvalue weighted by Gasteiger charge is 2.30. The van der Waals surface area contributed by atoms with E-state index in [4.69, 9.17) is 9.72 Å². The molecule has 8 nitrogen and oxygen atoms in total. The number of carbonyl (C=O) groups excluding carboxylic acids is 1. The van der Waals surface area contributed by atoms with E-state index in [1.165, 1.54) is 5.56 Å². The number of carbonyl (C=O) groups is 1. The van der Waals surface area contributed by atoms with Gasteiger partial charge in [-0.05, 0) is 80.2 Å². The minimum absolute atomic E-state index is 0.0495. The molecule has 2 N–H and O–H groups in total. The van der Waals surface area contributed by atoms with E-state index >= 15 is 0 Å². The quantitative estimate of drug-likeness (QED) is 0.529. The zero-order chi connectivity index (χ0) is 25.0. The number of aryl methyl sites for hydroxylation is 1. The van der Waals surface area contributed by atoms with Crippen molar-refractivity contribution in [2.75, 3.05) is 49.6 Å². The third-order valence-electron chi connectivity index (χ3n) is 7.60. The Balaban J connectivity index is 1.35. The number of nitrogens with one attached hydrogen (secondary N) is 2. The van der Waals surface area contributed by atoms with E-state index in [2.05, 4.69) is 67.9 Å². The molecule has 37 heavy (non-hydrogen) atoms. The number of amides is 1. The first-order chi connectivity index (χ1) is 18.2. The Morgan fingerprint density at radius 2 is 1.86 bits per heavy atom. The van der Waals surface area contributed by atoms with Crippen molar-refractivity contribution in [2.24, 2.45) is 0 Å². The Labute approximate surface area is 218 Å². The second kappa shape index (κ2) is 10.9. The van der Waals surface area contributed by atoms with Crippen molar-refractivity contribution >= 4 is 23.2 Å². The topological polar surface area (TPSA) is 82.6 Å². The Morgan fingerprint density at radius 3 is 2.78 bits per heavy atom. The summed E-state index contributed by atoms with van der Waals surface area (Å²) in [6, 6.07) is 16.8. The number of anilines is 3. The number of nitrogens with zero attached hydrogens (tertiary/aromatic N) is 4. The van der Waals surface area contributed by atoms with Gasteiger partial charge in [0.2, 0.25) is 11.9 Å². The normalized spacial score (nSPS) is 20.8. The number of ether oxygens (including phenoxy) is 1. The second-order valence-electron chi connectivity index (χ2n) is 10.0. The molecule has 1 atom stereocenters. The number of hydrogen-bond acceptors (Lipinski definition) is 7. The van der Waals surface area contributed by atoms with Crippen LogP contribution in [-0.4, -0.2) is 66.2 Å². The summed E-state index contributed by atoms with van der Waals surface area (Å²) >= 11 is 0. The van der Waals surface area contributed by atoms with Gasteiger partial charge >= 0.3 is 0 Å². The molecule has 1 amide bonds. The van der Waals surface area contributed by atoms with E-state index in [9.17, 15) is 4.79 Å². The van der Waals surface area contributed by atoms with Gasteiger partial charge in [0.1, 0.15) is 0 Å². The predicted molar refractivity (Wildman–Crippen MR) is 145 cm³/mol. The smallest absolute Gasteiger partial charge is 0.237 e. The minimum Gasteiger partial charge on any atom is -0.378 e. The van der Waals surface area contributed by atoms with Crippen LogP contribution >= 0.6 is 0 Å². The SMILES string of the molecule is O=C1NCc2cc(ccc2N2CCOCC2)Nc2nccc(n2)-c2cccc(c2)CCCN2CCC[C@H]12. The lowest BCUT2D eigenvalue weighted by Crippen LogP contribution is -2.43. The highest BCUT2D eigenvalue weighted by atomic mass is 16.5. The second-order valence-corrected chi connectivity index (χ2v) is 10.0. The molecule has 0 saturated carbocycles. The van der Waals surface area contributed by atoms with Gasteiger partial charge in [0.25, 0.3) is 0 Å². The summed E-state index contributed by atoms with van der Waals surface area (Å²) in [4.78, 5) is 27.3. The van der Waals surface area contributed by atoms with Crippen LogP contribution < -0.4 is 15.5 Å². The van der Waals surface area contributed by atoms with Crippen molar-refractivity contribution in [3.8, 4) is 11.3 Å². The maximum absolute atomic E-state index is 13.3. The van der Waals surface area contributed by atoms with Crippen LogP contribution in [0.4, 0.5) is 17.3 Å². The summed E-state index contributed by atoms with van der Waals surface area (Å²) in [6.45, 7) is 5.51. The summed E-state index contributed by atoms with van der Waals surface area (Å²) in [5.74, 6) is 0.683. The number of rotatable bonds is 1. The highest BCUT2D eigenvalue weighted by Crippen LogP contribution is 2.28. The van der Waals surface area contributed by atoms with E-state index < -0.39 is 0 Å². The summed E-state index contributed by atoms with van der Waals surface area (Å²) in [7, 11) is 0. The third kappa shape index (κ3) is 5.45. The number of aromatic nitrogens is 2. The number of fused-ring (bicyclic) bond motifs is 8. The first-order valence-corrected chi connectivity index (χ1v) is 13.4. The fraction of sp³-hybridized carbons (Fsp3) is 0.414. The van der Waals surface area contributed by atoms with E-state index in [-0.39, 0.29) is 11.9 Å². The van der Waals surface area contributed by atoms with Crippen LogP contribution in [0.15, 0.2) is 54.7 Å². The molecule has 6 bridgehead atoms. The van der Waals surface area contributed by atoms with E-state index in [1.54, 1.807) is 6.20 Å². The zero-order valence-corrected chi connectivity index (χ0v) is 21.2. The van der Waals surface area contributed by atoms with Gasteiger partial charge in [-0.1, -0.05) is 18.2 Å². The number of morpholine rings is 1. The van der Waals surface area contributed by atoms with Crippen molar-refractivity contribution in [3.63, 3.8) is 0 Å². The maximum Gasteiger partial charge on any atom is 0.237 e. The van der Waals surface area contributed by atoms with Crippen molar-refractivity contribution < 1.29 is 9.53 Å². The molecule has 4 heterocycles. The van der Waals surface area contributed by atoms with Crippen molar-refractivity contribution in [1.29, 1.82) is 0 Å². The van der Waals surface area contributed by atoms with Gasteiger partial charge < -0.3 is 20.3 Å². The molecule has 1 aromatic heterocycles. The monoisotopic (exact) mass is 498 g/mol. The standard InChI is InChI=1S/C29H34N6O2/c36-28-27-7-3-13-34(27)12-2-5-21-4-1-6-22(18-21)25-10-11-30-29(33-25)32-24-8-9-26(23(19-24)20-31-28)35-14-16-37-17-15-35/h1,4,6,8-11,18-19,27H,2-3,5,7,12-17,20H2,(H,31,36)(H,30,32,33)/t27-/m1/s1. The van der Waals surface area contributed by atoms with E-state index in [1.807, 2.05) is 6.07 Å². The Kier molecular flexibility index (Phi) is 7.01. The molecule has 192 valence electrons. The molecule has 6 rings (SSSR count). The number of benzene rings is 2. The van der Waals surface area contributed by atoms with E-state index in [0.717, 1.165) is 80.1 Å². The molecular weight excluding hydrogens is 464 g/mol. The molecule has 0 spiro atoms. The molecule has 0 radical (unpaired) electrons. The van der Waals surface area contributed by atoms with Crippen LogP contribution in [0.5, 0.6) is 0 Å². The van der Waals surface area contributed by atoms with Crippen LogP contribution in [0.1, 0.15) is 30.4 Å². The van der Waals surface area contributed by atoms with Crippen LogP contribution in [-0.2, 0) is 22.5 Å². The van der Waals surface area contributed by atoms with E-state index in [0.29, 0.717) is 25.7 Å². The lowest BCUT2D eigenvalue weighted by molar-refractivity contribution is -0.125. The van der Waals surface area contributed by atoms with Gasteiger partial charge in [-0.2, -0.15) is 0 Å². The molecule has 0 unspecified atom stereocenters. The van der Waals surface area contributed by atoms with Gasteiger partial charge in [0.15, 0.2) is 0 Å². The largest absolute Gasteiger partial charge is 0.378 e. The lowest BCUT2D eigenvalue weighted by Gasteiger charge is -2.31. The molecule has 2 fully saturated rings. The number of hydrogen-bond donors (Lipinski definition) is 2. The van der Waals surface area contributed by atoms with Crippen LogP contribution in [0.3, 0.4) is 0 Å². The molecule has 3 aliphatic heterocycles.